The van der Waals surface area contributed by atoms with E-state index in [4.69, 9.17) is 14.2 Å². The van der Waals surface area contributed by atoms with Crippen LogP contribution in [0.4, 0.5) is 0 Å². The molecule has 0 radical (unpaired) electrons. The predicted octanol–water partition coefficient (Wildman–Crippen LogP) is 23.8. The van der Waals surface area contributed by atoms with Crippen LogP contribution in [0.1, 0.15) is 393 Å². The van der Waals surface area contributed by atoms with E-state index in [1.54, 1.807) is 0 Å². The molecule has 0 aliphatic rings. The lowest BCUT2D eigenvalue weighted by molar-refractivity contribution is -0.167. The molecule has 1 unspecified atom stereocenters. The third kappa shape index (κ3) is 64.6. The summed E-state index contributed by atoms with van der Waals surface area (Å²) in [5, 5.41) is 0. The maximum Gasteiger partial charge on any atom is 0.306 e. The second kappa shape index (κ2) is 66.4. The van der Waals surface area contributed by atoms with E-state index in [-0.39, 0.29) is 31.1 Å². The summed E-state index contributed by atoms with van der Waals surface area (Å²) in [6, 6.07) is 0. The molecule has 0 aromatic rings. The van der Waals surface area contributed by atoms with Crippen molar-refractivity contribution in [3.8, 4) is 0 Å². The van der Waals surface area contributed by atoms with Crippen LogP contribution in [0.5, 0.6) is 0 Å². The van der Waals surface area contributed by atoms with Crippen molar-refractivity contribution in [3.63, 3.8) is 0 Å². The molecule has 0 bridgehead atoms. The van der Waals surface area contributed by atoms with Gasteiger partial charge in [-0.3, -0.25) is 14.4 Å². The molecule has 0 aliphatic heterocycles. The van der Waals surface area contributed by atoms with Crippen LogP contribution in [0.3, 0.4) is 0 Å². The molecule has 0 aromatic carbocycles. The molecule has 6 heteroatoms. The topological polar surface area (TPSA) is 78.9 Å². The Morgan fingerprint density at radius 3 is 0.675 bits per heavy atom. The summed E-state index contributed by atoms with van der Waals surface area (Å²) in [6.45, 7) is 6.66. The fourth-order valence-corrected chi connectivity index (χ4v) is 10.7. The van der Waals surface area contributed by atoms with Crippen LogP contribution in [0.25, 0.3) is 0 Å². The molecule has 454 valence electrons. The minimum absolute atomic E-state index is 0.0726. The highest BCUT2D eigenvalue weighted by Gasteiger charge is 2.19. The Balaban J connectivity index is 4.03. The van der Waals surface area contributed by atoms with Crippen LogP contribution in [0, 0.1) is 0 Å². The van der Waals surface area contributed by atoms with E-state index >= 15 is 0 Å². The number of hydrogen-bond donors (Lipinski definition) is 0. The van der Waals surface area contributed by atoms with Crippen LogP contribution < -0.4 is 0 Å². The lowest BCUT2D eigenvalue weighted by atomic mass is 10.0. The van der Waals surface area contributed by atoms with E-state index in [9.17, 15) is 14.4 Å². The molecule has 0 fully saturated rings. The number of carbonyl (C=O) groups excluding carboxylic acids is 3. The Labute approximate surface area is 481 Å². The molecule has 0 saturated heterocycles. The first-order valence-corrected chi connectivity index (χ1v) is 34.8. The number of carbonyl (C=O) groups is 3. The average Bonchev–Trinajstić information content (AvgIpc) is 3.43. The van der Waals surface area contributed by atoms with Crippen LogP contribution >= 0.6 is 0 Å². The predicted molar refractivity (Wildman–Crippen MR) is 335 cm³/mol. The minimum Gasteiger partial charge on any atom is -0.462 e. The normalized spacial score (nSPS) is 12.1. The van der Waals surface area contributed by atoms with E-state index in [0.717, 1.165) is 70.6 Å². The van der Waals surface area contributed by atoms with Crippen LogP contribution in [-0.2, 0) is 28.6 Å². The van der Waals surface area contributed by atoms with Crippen molar-refractivity contribution in [1.82, 2.24) is 0 Å². The van der Waals surface area contributed by atoms with Gasteiger partial charge in [0, 0.05) is 19.3 Å². The monoisotopic (exact) mass is 1080 g/mol. The molecule has 1 atom stereocenters. The van der Waals surface area contributed by atoms with Crippen molar-refractivity contribution in [2.75, 3.05) is 13.2 Å². The van der Waals surface area contributed by atoms with E-state index in [2.05, 4.69) is 45.1 Å². The largest absolute Gasteiger partial charge is 0.462 e. The Hall–Kier alpha value is -2.11. The number of allylic oxidation sites excluding steroid dienone is 4. The maximum atomic E-state index is 12.9. The zero-order valence-corrected chi connectivity index (χ0v) is 52.3. The summed E-state index contributed by atoms with van der Waals surface area (Å²) in [5.41, 5.74) is 0. The number of ether oxygens (including phenoxy) is 3. The standard InChI is InChI=1S/C71H134O6/c1-4-7-10-13-16-19-22-25-27-28-29-30-31-32-33-34-35-36-37-38-39-40-41-42-43-44-45-47-49-52-55-58-61-64-70(73)76-67-68(66-75-69(72)63-60-57-54-51-48-24-21-18-15-12-9-6-3)77-71(74)65-62-59-56-53-50-46-26-23-20-17-14-11-8-5-2/h18,21,23,26,68H,4-17,19-20,22,24-25,27-67H2,1-3H3/b21-18-,26-23-. The Morgan fingerprint density at radius 1 is 0.247 bits per heavy atom. The summed E-state index contributed by atoms with van der Waals surface area (Å²) < 4.78 is 16.9. The highest BCUT2D eigenvalue weighted by molar-refractivity contribution is 5.71. The van der Waals surface area contributed by atoms with Gasteiger partial charge in [0.2, 0.25) is 0 Å². The number of rotatable bonds is 65. The third-order valence-corrected chi connectivity index (χ3v) is 15.9. The van der Waals surface area contributed by atoms with Crippen LogP contribution in [0.2, 0.25) is 0 Å². The number of esters is 3. The molecule has 0 spiro atoms. The Bertz CT molecular complexity index is 1240. The third-order valence-electron chi connectivity index (χ3n) is 15.9. The van der Waals surface area contributed by atoms with Gasteiger partial charge >= 0.3 is 17.9 Å². The fourth-order valence-electron chi connectivity index (χ4n) is 10.7. The molecule has 0 aromatic heterocycles. The number of hydrogen-bond acceptors (Lipinski definition) is 6. The van der Waals surface area contributed by atoms with Crippen molar-refractivity contribution in [1.29, 1.82) is 0 Å². The van der Waals surface area contributed by atoms with Crippen molar-refractivity contribution in [2.45, 2.75) is 399 Å². The van der Waals surface area contributed by atoms with E-state index in [0.29, 0.717) is 19.3 Å². The second-order valence-corrected chi connectivity index (χ2v) is 23.8. The smallest absolute Gasteiger partial charge is 0.306 e. The maximum absolute atomic E-state index is 12.9. The molecule has 0 saturated carbocycles. The molecule has 0 N–H and O–H groups in total. The first-order chi connectivity index (χ1) is 38.0. The van der Waals surface area contributed by atoms with Crippen molar-refractivity contribution >= 4 is 17.9 Å². The zero-order valence-electron chi connectivity index (χ0n) is 52.3. The first-order valence-electron chi connectivity index (χ1n) is 34.8. The lowest BCUT2D eigenvalue weighted by Gasteiger charge is -2.18. The SMILES string of the molecule is CCCCC/C=C\CCCCCCCC(=O)OCC(COC(=O)CCCCCCCCCCCCCCCCCCCCCCCCCCCCCCCCCCC)OC(=O)CCCCCCC/C=C\CCCCCCC. The van der Waals surface area contributed by atoms with Gasteiger partial charge in [0.15, 0.2) is 6.10 Å². The highest BCUT2D eigenvalue weighted by Crippen LogP contribution is 2.19. The van der Waals surface area contributed by atoms with E-state index in [1.807, 2.05) is 0 Å². The summed E-state index contributed by atoms with van der Waals surface area (Å²) in [6.07, 6.45) is 80.9. The van der Waals surface area contributed by atoms with Gasteiger partial charge in [-0.1, -0.05) is 328 Å². The first kappa shape index (κ1) is 74.9. The van der Waals surface area contributed by atoms with Gasteiger partial charge in [-0.2, -0.15) is 0 Å². The quantitative estimate of drug-likeness (QED) is 0.0261. The van der Waals surface area contributed by atoms with Gasteiger partial charge < -0.3 is 14.2 Å². The highest BCUT2D eigenvalue weighted by atomic mass is 16.6. The summed E-state index contributed by atoms with van der Waals surface area (Å²) in [5.74, 6) is -0.867. The molecule has 0 heterocycles. The summed E-state index contributed by atoms with van der Waals surface area (Å²) >= 11 is 0. The molecular formula is C71H134O6. The zero-order chi connectivity index (χ0) is 55.7. The molecule has 0 aliphatic carbocycles. The Morgan fingerprint density at radius 2 is 0.429 bits per heavy atom. The van der Waals surface area contributed by atoms with Crippen molar-refractivity contribution < 1.29 is 28.6 Å². The molecule has 0 rings (SSSR count). The minimum atomic E-state index is -0.776. The van der Waals surface area contributed by atoms with Gasteiger partial charge in [0.1, 0.15) is 13.2 Å². The molecule has 77 heavy (non-hydrogen) atoms. The van der Waals surface area contributed by atoms with Crippen molar-refractivity contribution in [3.05, 3.63) is 24.3 Å². The van der Waals surface area contributed by atoms with Gasteiger partial charge in [0.05, 0.1) is 0 Å². The van der Waals surface area contributed by atoms with Crippen molar-refractivity contribution in [2.24, 2.45) is 0 Å². The van der Waals surface area contributed by atoms with Gasteiger partial charge in [0.25, 0.3) is 0 Å². The summed E-state index contributed by atoms with van der Waals surface area (Å²) in [7, 11) is 0. The molecule has 6 nitrogen and oxygen atoms in total. The van der Waals surface area contributed by atoms with Crippen LogP contribution in [-0.4, -0.2) is 37.2 Å². The van der Waals surface area contributed by atoms with Crippen LogP contribution in [0.15, 0.2) is 24.3 Å². The average molecular weight is 1080 g/mol. The molecule has 0 amide bonds. The second-order valence-electron chi connectivity index (χ2n) is 23.8. The number of unbranched alkanes of at least 4 members (excludes halogenated alkanes) is 50. The van der Waals surface area contributed by atoms with E-state index in [1.165, 1.54) is 283 Å². The van der Waals surface area contributed by atoms with E-state index < -0.39 is 6.10 Å². The van der Waals surface area contributed by atoms with Gasteiger partial charge in [-0.15, -0.1) is 0 Å². The molecular weight excluding hydrogens is 949 g/mol. The Kier molecular flexibility index (Phi) is 64.6. The van der Waals surface area contributed by atoms with Gasteiger partial charge in [-0.25, -0.2) is 0 Å². The summed E-state index contributed by atoms with van der Waals surface area (Å²) in [4.78, 5) is 38.2. The fraction of sp³-hybridized carbons (Fsp3) is 0.901. The lowest BCUT2D eigenvalue weighted by Crippen LogP contribution is -2.30. The van der Waals surface area contributed by atoms with Gasteiger partial charge in [-0.05, 0) is 70.6 Å².